The zero-order chi connectivity index (χ0) is 79.0. The maximum atomic E-state index is 11.8. The summed E-state index contributed by atoms with van der Waals surface area (Å²) in [5.41, 5.74) is -18.7. The van der Waals surface area contributed by atoms with Crippen LogP contribution in [0.3, 0.4) is 0 Å². The Kier molecular flexibility index (Phi) is 14.7. The molecule has 0 fully saturated rings. The minimum atomic E-state index is -0.927. The van der Waals surface area contributed by atoms with Crippen molar-refractivity contribution in [2.75, 3.05) is 0 Å². The molecular weight excluding hydrogens is 1490 g/mol. The summed E-state index contributed by atoms with van der Waals surface area (Å²) in [6.45, 7) is 0. The van der Waals surface area contributed by atoms with Gasteiger partial charge in [0.25, 0.3) is 0 Å². The van der Waals surface area contributed by atoms with Crippen molar-refractivity contribution >= 4 is 172 Å². The molecular formula is C76H20O36. The van der Waals surface area contributed by atoms with Crippen molar-refractivity contribution in [1.29, 1.82) is 0 Å². The first-order valence-electron chi connectivity index (χ1n) is 31.4. The Morgan fingerprint density at radius 1 is 0.107 bits per heavy atom. The van der Waals surface area contributed by atoms with Gasteiger partial charge in [-0.25, -0.2) is 115 Å². The van der Waals surface area contributed by atoms with Crippen LogP contribution in [0, 0.1) is 0 Å². The number of benzene rings is 10. The van der Waals surface area contributed by atoms with E-state index in [2.05, 4.69) is 53.0 Å². The van der Waals surface area contributed by atoms with Gasteiger partial charge in [0.2, 0.25) is 0 Å². The molecule has 0 unspecified atom stereocenters. The van der Waals surface area contributed by atoms with Gasteiger partial charge in [0.1, 0.15) is 0 Å². The van der Waals surface area contributed by atoms with Gasteiger partial charge in [0, 0.05) is 5.39 Å². The molecule has 12 aromatic heterocycles. The van der Waals surface area contributed by atoms with Crippen molar-refractivity contribution in [1.82, 2.24) is 0 Å². The number of hydrogen-bond acceptors (Lipinski definition) is 36. The van der Waals surface area contributed by atoms with E-state index in [0.717, 1.165) is 12.1 Å². The predicted molar refractivity (Wildman–Crippen MR) is 391 cm³/mol. The predicted octanol–water partition coefficient (Wildman–Crippen LogP) is 1.59. The van der Waals surface area contributed by atoms with Crippen LogP contribution in [0.4, 0.5) is 0 Å². The Balaban J connectivity index is 0.0000000978. The molecule has 0 radical (unpaired) electrons. The van der Waals surface area contributed by atoms with Gasteiger partial charge < -0.3 is 53.0 Å². The molecule has 36 heteroatoms. The van der Waals surface area contributed by atoms with Gasteiger partial charge >= 0.3 is 135 Å². The van der Waals surface area contributed by atoms with Gasteiger partial charge in [-0.15, -0.1) is 0 Å². The molecule has 540 valence electrons. The van der Waals surface area contributed by atoms with Crippen LogP contribution >= 0.6 is 0 Å². The Bertz CT molecular complexity index is 8720. The highest BCUT2D eigenvalue weighted by Gasteiger charge is 2.24. The number of fused-ring (bicyclic) bond motifs is 22. The van der Waals surface area contributed by atoms with Crippen LogP contribution in [0.25, 0.3) is 172 Å². The lowest BCUT2D eigenvalue weighted by atomic mass is 10.0. The van der Waals surface area contributed by atoms with E-state index in [9.17, 15) is 115 Å². The molecule has 22 aromatic rings. The highest BCUT2D eigenvalue weighted by molar-refractivity contribution is 6.20. The molecule has 0 amide bonds. The average Bonchev–Trinajstić information content (AvgIpc) is 1.51. The molecule has 0 aliphatic rings. The first-order valence-corrected chi connectivity index (χ1v) is 31.4. The quantitative estimate of drug-likeness (QED) is 0.208. The van der Waals surface area contributed by atoms with E-state index in [1.54, 1.807) is 18.2 Å². The fourth-order valence-corrected chi connectivity index (χ4v) is 13.4. The highest BCUT2D eigenvalue weighted by Crippen LogP contribution is 2.30. The standard InChI is InChI=1S/4C14H4O6.2C10H2O6/c15-11-7-1-5-2-9-10(14(18)20-13(9)17)4-6(5)3-8(7)12(16)19-11;15-11-7-3-1-5-6(10(7)14(18)19-11)2-4-8-9(5)13(17)20-12(8)16;15-11-6-3-1-5-2-4-7-10(14(18)20-12(7)16)8(5)9(6)13(17)19-11;15-11-6-2-1-5-3-8-9(13(17)19-12(8)16)4-7(5)10(6)14(18)20-11;11-7-3-1-4-6(10(14)16-8(4)12)2-5(3)9(13)15-7;11-7-3-1-2-4-6(5(3)9(13)15-7)10(14)16-8(4)12/h4*1-4H;2*1-2H. The first kappa shape index (κ1) is 68.1. The maximum absolute atomic E-state index is 11.8. The smallest absolute Gasteiger partial charge is 0.347 e. The lowest BCUT2D eigenvalue weighted by Gasteiger charge is -1.98. The van der Waals surface area contributed by atoms with Crippen LogP contribution in [0.2, 0.25) is 0 Å². The topological polar surface area (TPSA) is 567 Å². The third-order valence-electron chi connectivity index (χ3n) is 18.4. The summed E-state index contributed by atoms with van der Waals surface area (Å²) in [7, 11) is 0. The van der Waals surface area contributed by atoms with Gasteiger partial charge in [-0.1, -0.05) is 30.3 Å². The van der Waals surface area contributed by atoms with Crippen molar-refractivity contribution < 1.29 is 53.0 Å². The van der Waals surface area contributed by atoms with Gasteiger partial charge in [0.05, 0.1) is 129 Å². The van der Waals surface area contributed by atoms with E-state index in [1.807, 2.05) is 0 Å². The fraction of sp³-hybridized carbons (Fsp3) is 0. The lowest BCUT2D eigenvalue weighted by molar-refractivity contribution is 0.497. The highest BCUT2D eigenvalue weighted by atomic mass is 16.5. The van der Waals surface area contributed by atoms with Gasteiger partial charge in [-0.2, -0.15) is 0 Å². The van der Waals surface area contributed by atoms with E-state index in [-0.39, 0.29) is 135 Å². The van der Waals surface area contributed by atoms with Crippen molar-refractivity contribution in [2.45, 2.75) is 0 Å². The molecule has 0 aliphatic carbocycles. The number of furan rings is 12. The summed E-state index contributed by atoms with van der Waals surface area (Å²) < 4.78 is 53.6. The number of rotatable bonds is 0. The molecule has 0 bridgehead atoms. The van der Waals surface area contributed by atoms with Crippen LogP contribution in [0.5, 0.6) is 0 Å². The molecule has 0 atom stereocenters. The second kappa shape index (κ2) is 24.2. The molecule has 0 N–H and O–H groups in total. The van der Waals surface area contributed by atoms with E-state index >= 15 is 0 Å². The van der Waals surface area contributed by atoms with Gasteiger partial charge in [-0.3, -0.25) is 0 Å². The molecule has 0 saturated heterocycles. The SMILES string of the molecule is O=c1oc(=O)c2c1ccc1c(=O)oc(=O)c12.O=c1oc(=O)c2c1ccc1c2ccc2c(=O)oc(=O)c21.O=c1oc(=O)c2c1ccc1ccc3c(=O)oc(=O)c3c12.O=c1oc(=O)c2cc3c(=O)oc(=O)c3cc12.O=c1oc(=O)c2cc3c(ccc4c(=O)oc(=O)c43)cc12.O=c1oc(=O)c2cc3cc4c(=O)oc(=O)c4cc3cc12. The van der Waals surface area contributed by atoms with Crippen LogP contribution < -0.4 is 135 Å². The largest absolute Gasteiger partial charge is 0.386 e. The van der Waals surface area contributed by atoms with Crippen LogP contribution in [-0.4, -0.2) is 0 Å². The Morgan fingerprint density at radius 3 is 0.518 bits per heavy atom. The summed E-state index contributed by atoms with van der Waals surface area (Å²) in [6, 6.07) is 28.5. The summed E-state index contributed by atoms with van der Waals surface area (Å²) in [5, 5.41) is 5.00. The number of hydrogen-bond donors (Lipinski definition) is 0. The lowest BCUT2D eigenvalue weighted by Crippen LogP contribution is -1.98. The molecule has 10 aromatic carbocycles. The van der Waals surface area contributed by atoms with Crippen LogP contribution in [0.15, 0.2) is 289 Å². The molecule has 0 saturated carbocycles. The Morgan fingerprint density at radius 2 is 0.259 bits per heavy atom. The third kappa shape index (κ3) is 10.2. The van der Waals surface area contributed by atoms with Gasteiger partial charge in [0.15, 0.2) is 0 Å². The van der Waals surface area contributed by atoms with E-state index in [0.29, 0.717) is 37.7 Å². The van der Waals surface area contributed by atoms with Crippen molar-refractivity contribution in [3.8, 4) is 0 Å². The summed E-state index contributed by atoms with van der Waals surface area (Å²) in [4.78, 5) is 275. The summed E-state index contributed by atoms with van der Waals surface area (Å²) in [6.07, 6.45) is 0. The molecule has 12 heterocycles. The maximum Gasteiger partial charge on any atom is 0.347 e. The van der Waals surface area contributed by atoms with E-state index in [4.69, 9.17) is 0 Å². The van der Waals surface area contributed by atoms with Crippen molar-refractivity contribution in [3.05, 3.63) is 371 Å². The Labute approximate surface area is 594 Å². The first-order chi connectivity index (χ1) is 53.4. The normalized spacial score (nSPS) is 11.7. The summed E-state index contributed by atoms with van der Waals surface area (Å²) >= 11 is 0. The minimum Gasteiger partial charge on any atom is -0.386 e. The third-order valence-corrected chi connectivity index (χ3v) is 18.4. The fourth-order valence-electron chi connectivity index (χ4n) is 13.4. The van der Waals surface area contributed by atoms with E-state index in [1.165, 1.54) is 91.0 Å². The van der Waals surface area contributed by atoms with Crippen LogP contribution in [-0.2, 0) is 0 Å². The molecule has 22 rings (SSSR count). The minimum absolute atomic E-state index is 0.0102. The second-order valence-corrected chi connectivity index (χ2v) is 24.4. The summed E-state index contributed by atoms with van der Waals surface area (Å²) in [5.74, 6) is 0. The zero-order valence-electron chi connectivity index (χ0n) is 54.2. The van der Waals surface area contributed by atoms with Crippen molar-refractivity contribution in [2.24, 2.45) is 0 Å². The monoisotopic (exact) mass is 1510 g/mol. The Hall–Kier alpha value is -17.1. The van der Waals surface area contributed by atoms with Gasteiger partial charge in [-0.05, 0) is 129 Å². The molecule has 36 nitrogen and oxygen atoms in total. The van der Waals surface area contributed by atoms with E-state index < -0.39 is 135 Å². The molecule has 0 spiro atoms. The van der Waals surface area contributed by atoms with Crippen LogP contribution in [0.1, 0.15) is 0 Å². The zero-order valence-corrected chi connectivity index (χ0v) is 54.2. The molecule has 112 heavy (non-hydrogen) atoms. The van der Waals surface area contributed by atoms with Crippen molar-refractivity contribution in [3.63, 3.8) is 0 Å². The average molecular weight is 1510 g/mol. The molecule has 0 aliphatic heterocycles. The second-order valence-electron chi connectivity index (χ2n) is 24.4.